The van der Waals surface area contributed by atoms with Crippen molar-refractivity contribution >= 4 is 77.4 Å². The summed E-state index contributed by atoms with van der Waals surface area (Å²) in [5.74, 6) is 1.73. The molecule has 2 nitrogen and oxygen atoms in total. The molecule has 392 valence electrons. The topological polar surface area (TPSA) is 8.17 Å². The fourth-order valence-corrected chi connectivity index (χ4v) is 19.3. The fourth-order valence-electron chi connectivity index (χ4n) is 18.0. The third kappa shape index (κ3) is 6.99. The molecule has 0 radical (unpaired) electrons. The fraction of sp³-hybridized carbons (Fsp3) is 0.405. The van der Waals surface area contributed by atoms with Gasteiger partial charge in [0, 0.05) is 53.5 Å². The van der Waals surface area contributed by atoms with Gasteiger partial charge in [0.1, 0.15) is 0 Å². The quantitative estimate of drug-likeness (QED) is 0.156. The zero-order chi connectivity index (χ0) is 52.7. The molecule has 4 fully saturated rings. The van der Waals surface area contributed by atoms with E-state index in [-0.39, 0.29) is 28.5 Å². The number of nitrogens with zero attached hydrogens (tertiary/aromatic N) is 2. The van der Waals surface area contributed by atoms with Crippen molar-refractivity contribution in [2.24, 2.45) is 11.8 Å². The van der Waals surface area contributed by atoms with Crippen molar-refractivity contribution < 1.29 is 0 Å². The second kappa shape index (κ2) is 16.9. The van der Waals surface area contributed by atoms with Crippen molar-refractivity contribution in [2.75, 3.05) is 4.90 Å². The van der Waals surface area contributed by atoms with Gasteiger partial charge in [0.2, 0.25) is 0 Å². The molecule has 0 saturated heterocycles. The van der Waals surface area contributed by atoms with Crippen LogP contribution in [0.15, 0.2) is 133 Å². The van der Waals surface area contributed by atoms with Crippen molar-refractivity contribution in [3.8, 4) is 33.4 Å². The molecular weight excluding hydrogens is 960 g/mol. The molecule has 2 aromatic heterocycles. The van der Waals surface area contributed by atoms with Crippen LogP contribution in [0.4, 0.5) is 17.1 Å². The maximum absolute atomic E-state index is 2.92. The lowest BCUT2D eigenvalue weighted by atomic mass is 9.48. The highest BCUT2D eigenvalue weighted by Gasteiger charge is 2.49. The number of benzene rings is 7. The minimum absolute atomic E-state index is 0.00134. The summed E-state index contributed by atoms with van der Waals surface area (Å²) in [5.41, 5.74) is 24.7. The Morgan fingerprint density at radius 3 is 1.78 bits per heavy atom. The van der Waals surface area contributed by atoms with Crippen LogP contribution in [0, 0.1) is 11.8 Å². The van der Waals surface area contributed by atoms with Gasteiger partial charge in [0.15, 0.2) is 0 Å². The second-order valence-electron chi connectivity index (χ2n) is 28.7. The van der Waals surface area contributed by atoms with Crippen LogP contribution in [0.2, 0.25) is 0 Å². The van der Waals surface area contributed by atoms with Gasteiger partial charge >= 0.3 is 6.85 Å². The summed E-state index contributed by atoms with van der Waals surface area (Å²) in [6.45, 7) is 17.2. The Balaban J connectivity index is 1.06. The average Bonchev–Trinajstić information content (AvgIpc) is 3.59. The first-order valence-electron chi connectivity index (χ1n) is 30.7. The lowest BCUT2D eigenvalue weighted by Crippen LogP contribution is -2.55. The van der Waals surface area contributed by atoms with Gasteiger partial charge in [-0.25, -0.2) is 0 Å². The van der Waals surface area contributed by atoms with E-state index in [2.05, 4.69) is 203 Å². The first-order valence-corrected chi connectivity index (χ1v) is 31.5. The molecule has 4 bridgehead atoms. The molecule has 4 heteroatoms. The summed E-state index contributed by atoms with van der Waals surface area (Å²) < 4.78 is 5.82. The van der Waals surface area contributed by atoms with Crippen LogP contribution in [0.25, 0.3) is 65.3 Å². The molecule has 0 spiro atoms. The largest absolute Gasteiger partial charge is 0.375 e. The normalized spacial score (nSPS) is 24.6. The zero-order valence-electron chi connectivity index (χ0n) is 47.6. The van der Waals surface area contributed by atoms with E-state index < -0.39 is 0 Å². The Kier molecular flexibility index (Phi) is 10.4. The highest BCUT2D eigenvalue weighted by Crippen LogP contribution is 2.58. The average molecular weight is 1040 g/mol. The molecule has 78 heavy (non-hydrogen) atoms. The summed E-state index contributed by atoms with van der Waals surface area (Å²) in [4.78, 5) is 2.81. The van der Waals surface area contributed by atoms with E-state index in [1.165, 1.54) is 206 Å². The monoisotopic (exact) mass is 1040 g/mol. The van der Waals surface area contributed by atoms with E-state index in [4.69, 9.17) is 0 Å². The lowest BCUT2D eigenvalue weighted by Gasteiger charge is -2.46. The first kappa shape index (κ1) is 48.1. The summed E-state index contributed by atoms with van der Waals surface area (Å²) in [5, 5.41) is 4.41. The van der Waals surface area contributed by atoms with Crippen molar-refractivity contribution in [2.45, 2.75) is 178 Å². The maximum atomic E-state index is 2.92. The number of fused-ring (bicyclic) bond motifs is 14. The van der Waals surface area contributed by atoms with Gasteiger partial charge in [-0.1, -0.05) is 173 Å². The van der Waals surface area contributed by atoms with E-state index in [9.17, 15) is 0 Å². The first-order chi connectivity index (χ1) is 37.7. The molecule has 0 amide bonds. The molecule has 0 unspecified atom stereocenters. The molecule has 4 heterocycles. The molecule has 4 saturated carbocycles. The van der Waals surface area contributed by atoms with E-state index in [0.717, 1.165) is 11.8 Å². The number of thiophene rings is 1. The zero-order valence-corrected chi connectivity index (χ0v) is 48.4. The molecular formula is C74H77BN2S. The van der Waals surface area contributed by atoms with Gasteiger partial charge in [-0.3, -0.25) is 0 Å². The Labute approximate surface area is 468 Å². The highest BCUT2D eigenvalue weighted by atomic mass is 32.1. The Morgan fingerprint density at radius 2 is 1.13 bits per heavy atom. The van der Waals surface area contributed by atoms with Crippen molar-refractivity contribution in [1.29, 1.82) is 0 Å². The predicted octanol–water partition coefficient (Wildman–Crippen LogP) is 19.6. The SMILES string of the molecule is CC(C)(C)c1ccc(N2c3cc(-c4ccccc4)cc4c3B(c3sc5cc6c(cc5c32)C(C)(C)CCC6(C)C)n2c3ccc(C56CCCC(CCC5)C6)cc3c3cc(C56CCCC(CCC5)C6)cc-4c32)c(-c2ccccc2)c1. The van der Waals surface area contributed by atoms with Gasteiger partial charge in [0.25, 0.3) is 0 Å². The predicted molar refractivity (Wildman–Crippen MR) is 335 cm³/mol. The number of hydrogen-bond donors (Lipinski definition) is 0. The Bertz CT molecular complexity index is 3930. The van der Waals surface area contributed by atoms with Crippen LogP contribution in [-0.4, -0.2) is 11.3 Å². The molecule has 0 N–H and O–H groups in total. The smallest absolute Gasteiger partial charge is 0.343 e. The molecule has 16 rings (SSSR count). The van der Waals surface area contributed by atoms with Crippen LogP contribution in [0.1, 0.15) is 179 Å². The number of anilines is 3. The standard InChI is InChI=1S/C74H77BN2S/c1-70(2,3)51-26-28-62(54(38-51)49-24-12-9-13-25-49)76-64-37-50(48-22-10-8-11-23-48)36-56-58-41-53(74-32-16-20-47(45-74)21-17-33-74)40-57-55-39-52(73-30-14-18-46(44-73)19-15-31-73)27-29-63(55)77(67(57)58)75(66(56)64)69-68(76)59-42-60-61(43-65(59)78-69)72(6,7)35-34-71(60,4)5/h8-13,22-29,36-43,46-47H,14-21,30-35,44-45H2,1-7H3. The van der Waals surface area contributed by atoms with Gasteiger partial charge in [0.05, 0.1) is 11.4 Å². The van der Waals surface area contributed by atoms with E-state index >= 15 is 0 Å². The molecule has 7 aliphatic rings. The number of aromatic nitrogens is 1. The van der Waals surface area contributed by atoms with Crippen molar-refractivity contribution in [3.05, 3.63) is 161 Å². The van der Waals surface area contributed by atoms with Gasteiger partial charge in [-0.15, -0.1) is 11.3 Å². The van der Waals surface area contributed by atoms with Crippen LogP contribution in [0.3, 0.4) is 0 Å². The third-order valence-corrected chi connectivity index (χ3v) is 23.4. The van der Waals surface area contributed by atoms with E-state index in [1.54, 1.807) is 16.7 Å². The van der Waals surface area contributed by atoms with Crippen LogP contribution >= 0.6 is 11.3 Å². The van der Waals surface area contributed by atoms with Gasteiger partial charge in [-0.05, 0) is 206 Å². The maximum Gasteiger partial charge on any atom is 0.343 e. The van der Waals surface area contributed by atoms with Gasteiger partial charge < -0.3 is 9.38 Å². The third-order valence-electron chi connectivity index (χ3n) is 22.2. The summed E-state index contributed by atoms with van der Waals surface area (Å²) >= 11 is 2.10. The lowest BCUT2D eigenvalue weighted by molar-refractivity contribution is 0.149. The number of rotatable bonds is 5. The Morgan fingerprint density at radius 1 is 0.513 bits per heavy atom. The van der Waals surface area contributed by atoms with Crippen LogP contribution in [0.5, 0.6) is 0 Å². The van der Waals surface area contributed by atoms with Crippen molar-refractivity contribution in [3.63, 3.8) is 0 Å². The Hall–Kier alpha value is -5.84. The minimum Gasteiger partial charge on any atom is -0.375 e. The summed E-state index contributed by atoms with van der Waals surface area (Å²) in [6, 6.07) is 54.5. The van der Waals surface area contributed by atoms with E-state index in [1.807, 2.05) is 0 Å². The highest BCUT2D eigenvalue weighted by molar-refractivity contribution is 7.32. The van der Waals surface area contributed by atoms with Gasteiger partial charge in [-0.2, -0.15) is 0 Å². The minimum atomic E-state index is -0.0211. The van der Waals surface area contributed by atoms with Crippen LogP contribution < -0.4 is 15.1 Å². The molecule has 9 aromatic rings. The summed E-state index contributed by atoms with van der Waals surface area (Å²) in [7, 11) is 0. The van der Waals surface area contributed by atoms with Crippen LogP contribution in [-0.2, 0) is 27.1 Å². The summed E-state index contributed by atoms with van der Waals surface area (Å²) in [6.07, 6.45) is 21.5. The molecule has 7 aromatic carbocycles. The molecule has 2 aliphatic heterocycles. The second-order valence-corrected chi connectivity index (χ2v) is 29.8. The van der Waals surface area contributed by atoms with Crippen molar-refractivity contribution in [1.82, 2.24) is 4.48 Å². The molecule has 5 aliphatic carbocycles. The van der Waals surface area contributed by atoms with E-state index in [0.29, 0.717) is 5.41 Å². The number of hydrogen-bond acceptors (Lipinski definition) is 2. The molecule has 0 atom stereocenters.